The SMILES string of the molecule is CCNc1ncc(Cc2cc(OC)c(OC)cc2C(C)C)c(N)n1. The van der Waals surface area contributed by atoms with Crippen molar-refractivity contribution in [1.29, 1.82) is 0 Å². The zero-order valence-corrected chi connectivity index (χ0v) is 15.0. The van der Waals surface area contributed by atoms with Gasteiger partial charge in [0.05, 0.1) is 14.2 Å². The van der Waals surface area contributed by atoms with Crippen LogP contribution in [0.15, 0.2) is 18.3 Å². The highest BCUT2D eigenvalue weighted by Crippen LogP contribution is 2.35. The molecule has 6 heteroatoms. The quantitative estimate of drug-likeness (QED) is 0.811. The van der Waals surface area contributed by atoms with E-state index in [4.69, 9.17) is 15.2 Å². The largest absolute Gasteiger partial charge is 0.493 e. The van der Waals surface area contributed by atoms with E-state index in [2.05, 4.69) is 29.1 Å². The van der Waals surface area contributed by atoms with Crippen molar-refractivity contribution in [3.05, 3.63) is 35.0 Å². The van der Waals surface area contributed by atoms with Gasteiger partial charge in [0.25, 0.3) is 0 Å². The highest BCUT2D eigenvalue weighted by molar-refractivity contribution is 5.52. The average molecular weight is 330 g/mol. The van der Waals surface area contributed by atoms with Crippen molar-refractivity contribution in [2.75, 3.05) is 31.8 Å². The number of anilines is 2. The number of nitrogens with two attached hydrogens (primary N) is 1. The lowest BCUT2D eigenvalue weighted by molar-refractivity contribution is 0.354. The minimum absolute atomic E-state index is 0.350. The van der Waals surface area contributed by atoms with E-state index in [1.54, 1.807) is 20.4 Å². The van der Waals surface area contributed by atoms with E-state index in [0.29, 0.717) is 29.9 Å². The molecule has 0 amide bonds. The fraction of sp³-hybridized carbons (Fsp3) is 0.444. The number of methoxy groups -OCH3 is 2. The average Bonchev–Trinajstić information content (AvgIpc) is 2.56. The van der Waals surface area contributed by atoms with Crippen molar-refractivity contribution >= 4 is 11.8 Å². The van der Waals surface area contributed by atoms with Gasteiger partial charge in [0.2, 0.25) is 5.95 Å². The van der Waals surface area contributed by atoms with Crippen molar-refractivity contribution in [1.82, 2.24) is 9.97 Å². The number of rotatable bonds is 7. The Morgan fingerprint density at radius 1 is 1.12 bits per heavy atom. The van der Waals surface area contributed by atoms with Gasteiger partial charge in [0, 0.05) is 24.7 Å². The second-order valence-electron chi connectivity index (χ2n) is 5.87. The van der Waals surface area contributed by atoms with E-state index in [1.807, 2.05) is 19.1 Å². The summed E-state index contributed by atoms with van der Waals surface area (Å²) in [6.07, 6.45) is 2.42. The van der Waals surface area contributed by atoms with Crippen LogP contribution in [0.4, 0.5) is 11.8 Å². The first-order chi connectivity index (χ1) is 11.5. The Hall–Kier alpha value is -2.50. The molecule has 1 aromatic carbocycles. The number of hydrogen-bond donors (Lipinski definition) is 2. The Labute approximate surface area is 143 Å². The molecule has 0 radical (unpaired) electrons. The van der Waals surface area contributed by atoms with Gasteiger partial charge >= 0.3 is 0 Å². The summed E-state index contributed by atoms with van der Waals surface area (Å²) in [5, 5.41) is 3.06. The zero-order valence-electron chi connectivity index (χ0n) is 15.0. The third-order valence-electron chi connectivity index (χ3n) is 3.88. The van der Waals surface area contributed by atoms with Crippen molar-refractivity contribution < 1.29 is 9.47 Å². The second kappa shape index (κ2) is 7.86. The van der Waals surface area contributed by atoms with Gasteiger partial charge in [-0.05, 0) is 36.1 Å². The molecular weight excluding hydrogens is 304 g/mol. The fourth-order valence-electron chi connectivity index (χ4n) is 2.63. The molecule has 0 aliphatic heterocycles. The minimum Gasteiger partial charge on any atom is -0.493 e. The summed E-state index contributed by atoms with van der Waals surface area (Å²) in [7, 11) is 3.28. The van der Waals surface area contributed by atoms with E-state index in [0.717, 1.165) is 23.4 Å². The first kappa shape index (κ1) is 17.8. The molecule has 6 nitrogen and oxygen atoms in total. The number of nitrogens with one attached hydrogen (secondary N) is 1. The predicted octanol–water partition coefficient (Wildman–Crippen LogP) is 3.22. The van der Waals surface area contributed by atoms with E-state index >= 15 is 0 Å². The predicted molar refractivity (Wildman–Crippen MR) is 97.0 cm³/mol. The van der Waals surface area contributed by atoms with Crippen LogP contribution >= 0.6 is 0 Å². The standard InChI is InChI=1S/C18H26N4O2/c1-6-20-18-21-10-13(17(19)22-18)7-12-8-15(23-4)16(24-5)9-14(12)11(2)3/h8-11H,6-7H2,1-5H3,(H3,19,20,21,22). The number of ether oxygens (including phenoxy) is 2. The summed E-state index contributed by atoms with van der Waals surface area (Å²) in [5.41, 5.74) is 9.33. The normalized spacial score (nSPS) is 10.8. The molecule has 1 aromatic heterocycles. The van der Waals surface area contributed by atoms with Gasteiger partial charge in [0.1, 0.15) is 5.82 Å². The maximum absolute atomic E-state index is 6.11. The number of nitrogens with zero attached hydrogens (tertiary/aromatic N) is 2. The Morgan fingerprint density at radius 3 is 2.33 bits per heavy atom. The molecule has 1 heterocycles. The molecule has 130 valence electrons. The van der Waals surface area contributed by atoms with Gasteiger partial charge < -0.3 is 20.5 Å². The van der Waals surface area contributed by atoms with E-state index < -0.39 is 0 Å². The van der Waals surface area contributed by atoms with Crippen molar-refractivity contribution in [3.8, 4) is 11.5 Å². The number of aromatic nitrogens is 2. The summed E-state index contributed by atoms with van der Waals surface area (Å²) in [4.78, 5) is 8.63. The van der Waals surface area contributed by atoms with Crippen molar-refractivity contribution in [2.24, 2.45) is 0 Å². The molecule has 0 unspecified atom stereocenters. The molecule has 0 aliphatic carbocycles. The fourth-order valence-corrected chi connectivity index (χ4v) is 2.63. The van der Waals surface area contributed by atoms with Crippen LogP contribution in [0.2, 0.25) is 0 Å². The highest BCUT2D eigenvalue weighted by atomic mass is 16.5. The number of benzene rings is 1. The first-order valence-corrected chi connectivity index (χ1v) is 8.10. The molecular formula is C18H26N4O2. The molecule has 0 fully saturated rings. The monoisotopic (exact) mass is 330 g/mol. The second-order valence-corrected chi connectivity index (χ2v) is 5.87. The lowest BCUT2D eigenvalue weighted by Crippen LogP contribution is -2.08. The summed E-state index contributed by atoms with van der Waals surface area (Å²) in [6.45, 7) is 7.05. The van der Waals surface area contributed by atoms with Gasteiger partial charge in [-0.3, -0.25) is 0 Å². The summed E-state index contributed by atoms with van der Waals surface area (Å²) >= 11 is 0. The van der Waals surface area contributed by atoms with Gasteiger partial charge in [0.15, 0.2) is 11.5 Å². The van der Waals surface area contributed by atoms with Crippen LogP contribution in [-0.4, -0.2) is 30.7 Å². The molecule has 0 bridgehead atoms. The van der Waals surface area contributed by atoms with Crippen LogP contribution in [0.5, 0.6) is 11.5 Å². The smallest absolute Gasteiger partial charge is 0.224 e. The molecule has 0 saturated heterocycles. The summed E-state index contributed by atoms with van der Waals surface area (Å²) in [6, 6.07) is 4.04. The van der Waals surface area contributed by atoms with E-state index in [9.17, 15) is 0 Å². The molecule has 24 heavy (non-hydrogen) atoms. The molecule has 0 spiro atoms. The maximum atomic E-state index is 6.11. The molecule has 2 aromatic rings. The number of hydrogen-bond acceptors (Lipinski definition) is 6. The van der Waals surface area contributed by atoms with Gasteiger partial charge in [-0.1, -0.05) is 13.8 Å². The topological polar surface area (TPSA) is 82.3 Å². The summed E-state index contributed by atoms with van der Waals surface area (Å²) < 4.78 is 10.8. The van der Waals surface area contributed by atoms with Gasteiger partial charge in [-0.25, -0.2) is 4.98 Å². The third-order valence-corrected chi connectivity index (χ3v) is 3.88. The zero-order chi connectivity index (χ0) is 17.7. The Morgan fingerprint density at radius 2 is 1.79 bits per heavy atom. The molecule has 0 saturated carbocycles. The van der Waals surface area contributed by atoms with Crippen LogP contribution in [-0.2, 0) is 6.42 Å². The lowest BCUT2D eigenvalue weighted by Gasteiger charge is -2.18. The summed E-state index contributed by atoms with van der Waals surface area (Å²) in [5.74, 6) is 2.83. The lowest BCUT2D eigenvalue weighted by atomic mass is 9.92. The Kier molecular flexibility index (Phi) is 5.84. The van der Waals surface area contributed by atoms with Crippen LogP contribution in [0.25, 0.3) is 0 Å². The van der Waals surface area contributed by atoms with Crippen LogP contribution in [0, 0.1) is 0 Å². The van der Waals surface area contributed by atoms with Crippen molar-refractivity contribution in [3.63, 3.8) is 0 Å². The highest BCUT2D eigenvalue weighted by Gasteiger charge is 2.15. The van der Waals surface area contributed by atoms with Crippen molar-refractivity contribution in [2.45, 2.75) is 33.1 Å². The molecule has 2 rings (SSSR count). The van der Waals surface area contributed by atoms with E-state index in [-0.39, 0.29) is 0 Å². The van der Waals surface area contributed by atoms with Crippen LogP contribution in [0.3, 0.4) is 0 Å². The molecule has 0 atom stereocenters. The van der Waals surface area contributed by atoms with Gasteiger partial charge in [-0.2, -0.15) is 4.98 Å². The van der Waals surface area contributed by atoms with Crippen LogP contribution < -0.4 is 20.5 Å². The Bertz CT molecular complexity index is 702. The first-order valence-electron chi connectivity index (χ1n) is 8.10. The third kappa shape index (κ3) is 3.88. The molecule has 0 aliphatic rings. The minimum atomic E-state index is 0.350. The Balaban J connectivity index is 2.41. The maximum Gasteiger partial charge on any atom is 0.224 e. The molecule has 3 N–H and O–H groups in total. The van der Waals surface area contributed by atoms with Gasteiger partial charge in [-0.15, -0.1) is 0 Å². The van der Waals surface area contributed by atoms with E-state index in [1.165, 1.54) is 5.56 Å². The number of nitrogen functional groups attached to an aromatic ring is 1. The van der Waals surface area contributed by atoms with Crippen LogP contribution in [0.1, 0.15) is 43.4 Å².